The lowest BCUT2D eigenvalue weighted by Gasteiger charge is -2.37. The molecule has 0 bridgehead atoms. The summed E-state index contributed by atoms with van der Waals surface area (Å²) in [5.74, 6) is 1.96. The maximum atomic E-state index is 11.3. The summed E-state index contributed by atoms with van der Waals surface area (Å²) in [7, 11) is 0. The van der Waals surface area contributed by atoms with Crippen molar-refractivity contribution in [3.8, 4) is 0 Å². The van der Waals surface area contributed by atoms with Crippen LogP contribution in [0.3, 0.4) is 0 Å². The molecule has 4 aliphatic rings. The summed E-state index contributed by atoms with van der Waals surface area (Å²) >= 11 is 0. The number of carbonyl (C=O) groups is 1. The molecule has 0 aromatic carbocycles. The zero-order chi connectivity index (χ0) is 17.2. The van der Waals surface area contributed by atoms with Crippen molar-refractivity contribution in [1.82, 2.24) is 0 Å². The molecule has 0 heterocycles. The van der Waals surface area contributed by atoms with Gasteiger partial charge in [-0.25, -0.2) is 0 Å². The SMILES string of the molecule is C[C@@H]1CC(=O)CC12CCCCC2.C[C@@H]1CC(O)CC12CCCCC2. The molecule has 4 fully saturated rings. The molecule has 2 heteroatoms. The van der Waals surface area contributed by atoms with E-state index in [4.69, 9.17) is 0 Å². The van der Waals surface area contributed by atoms with E-state index in [1.165, 1.54) is 64.2 Å². The predicted octanol–water partition coefficient (Wildman–Crippen LogP) is 5.66. The minimum atomic E-state index is 0.0121. The fourth-order valence-electron chi connectivity index (χ4n) is 6.49. The van der Waals surface area contributed by atoms with E-state index in [0.717, 1.165) is 31.6 Å². The number of hydrogen-bond donors (Lipinski definition) is 1. The van der Waals surface area contributed by atoms with Crippen LogP contribution in [0.1, 0.15) is 104 Å². The van der Waals surface area contributed by atoms with Gasteiger partial charge < -0.3 is 5.11 Å². The van der Waals surface area contributed by atoms with E-state index >= 15 is 0 Å². The standard InChI is InChI=1S/C11H20O.C11H18O/c2*1-9-7-10(12)8-11(9)5-3-2-4-6-11/h9-10,12H,2-8H2,1H3;9H,2-8H2,1H3/t9-,10?;9-/m11/s1. The largest absolute Gasteiger partial charge is 0.393 e. The van der Waals surface area contributed by atoms with E-state index in [9.17, 15) is 9.90 Å². The van der Waals surface area contributed by atoms with Gasteiger partial charge in [0.1, 0.15) is 5.78 Å². The fourth-order valence-corrected chi connectivity index (χ4v) is 6.49. The zero-order valence-electron chi connectivity index (χ0n) is 16.0. The highest BCUT2D eigenvalue weighted by Gasteiger charge is 2.45. The van der Waals surface area contributed by atoms with Crippen LogP contribution in [0.5, 0.6) is 0 Å². The molecule has 0 aromatic rings. The van der Waals surface area contributed by atoms with Crippen molar-refractivity contribution in [3.63, 3.8) is 0 Å². The lowest BCUT2D eigenvalue weighted by atomic mass is 9.68. The highest BCUT2D eigenvalue weighted by molar-refractivity contribution is 5.82. The first-order chi connectivity index (χ1) is 11.5. The molecule has 3 atom stereocenters. The Morgan fingerprint density at radius 2 is 1.38 bits per heavy atom. The molecule has 4 rings (SSSR count). The molecule has 24 heavy (non-hydrogen) atoms. The molecule has 0 aromatic heterocycles. The summed E-state index contributed by atoms with van der Waals surface area (Å²) < 4.78 is 0. The summed E-state index contributed by atoms with van der Waals surface area (Å²) in [5.41, 5.74) is 1.01. The van der Waals surface area contributed by atoms with Crippen LogP contribution >= 0.6 is 0 Å². The molecule has 0 saturated heterocycles. The van der Waals surface area contributed by atoms with Gasteiger partial charge in [0.15, 0.2) is 0 Å². The molecule has 4 aliphatic carbocycles. The molecule has 0 radical (unpaired) electrons. The Bertz CT molecular complexity index is 429. The Morgan fingerprint density at radius 1 is 0.833 bits per heavy atom. The normalized spacial score (nSPS) is 37.5. The Kier molecular flexibility index (Phi) is 5.74. The van der Waals surface area contributed by atoms with Gasteiger partial charge in [-0.2, -0.15) is 0 Å². The van der Waals surface area contributed by atoms with E-state index in [0.29, 0.717) is 22.5 Å². The molecule has 2 spiro atoms. The van der Waals surface area contributed by atoms with E-state index in [-0.39, 0.29) is 6.10 Å². The summed E-state index contributed by atoms with van der Waals surface area (Å²) in [6.45, 7) is 4.61. The maximum absolute atomic E-state index is 11.3. The van der Waals surface area contributed by atoms with Crippen LogP contribution in [0.15, 0.2) is 0 Å². The van der Waals surface area contributed by atoms with Crippen molar-refractivity contribution in [2.75, 3.05) is 0 Å². The van der Waals surface area contributed by atoms with Crippen LogP contribution in [-0.4, -0.2) is 17.0 Å². The van der Waals surface area contributed by atoms with Gasteiger partial charge in [-0.3, -0.25) is 4.79 Å². The van der Waals surface area contributed by atoms with E-state index in [1.807, 2.05) is 0 Å². The fraction of sp³-hybridized carbons (Fsp3) is 0.955. The second kappa shape index (κ2) is 7.48. The average molecular weight is 335 g/mol. The number of aliphatic hydroxyl groups is 1. The van der Waals surface area contributed by atoms with Gasteiger partial charge in [0.05, 0.1) is 6.10 Å². The Balaban J connectivity index is 0.000000141. The van der Waals surface area contributed by atoms with Crippen molar-refractivity contribution in [2.45, 2.75) is 110 Å². The number of carbonyl (C=O) groups excluding carboxylic acids is 1. The smallest absolute Gasteiger partial charge is 0.133 e. The molecule has 2 nitrogen and oxygen atoms in total. The molecule has 0 amide bonds. The van der Waals surface area contributed by atoms with Crippen LogP contribution in [0.2, 0.25) is 0 Å². The van der Waals surface area contributed by atoms with E-state index in [1.54, 1.807) is 0 Å². The minimum absolute atomic E-state index is 0.0121. The van der Waals surface area contributed by atoms with Crippen LogP contribution in [0.4, 0.5) is 0 Å². The van der Waals surface area contributed by atoms with Crippen molar-refractivity contribution in [1.29, 1.82) is 0 Å². The highest BCUT2D eigenvalue weighted by Crippen LogP contribution is 2.52. The maximum Gasteiger partial charge on any atom is 0.133 e. The lowest BCUT2D eigenvalue weighted by Crippen LogP contribution is -2.26. The highest BCUT2D eigenvalue weighted by atomic mass is 16.3. The minimum Gasteiger partial charge on any atom is -0.393 e. The summed E-state index contributed by atoms with van der Waals surface area (Å²) in [6.07, 6.45) is 17.6. The summed E-state index contributed by atoms with van der Waals surface area (Å²) in [6, 6.07) is 0. The molecular formula is C22H38O2. The van der Waals surface area contributed by atoms with Gasteiger partial charge in [0.2, 0.25) is 0 Å². The van der Waals surface area contributed by atoms with Gasteiger partial charge in [0.25, 0.3) is 0 Å². The van der Waals surface area contributed by atoms with Gasteiger partial charge in [0, 0.05) is 12.8 Å². The molecule has 4 saturated carbocycles. The van der Waals surface area contributed by atoms with Gasteiger partial charge in [-0.15, -0.1) is 0 Å². The lowest BCUT2D eigenvalue weighted by molar-refractivity contribution is -0.118. The van der Waals surface area contributed by atoms with Crippen LogP contribution in [-0.2, 0) is 4.79 Å². The van der Waals surface area contributed by atoms with Gasteiger partial charge in [-0.05, 0) is 61.2 Å². The third-order valence-corrected chi connectivity index (χ3v) is 8.14. The van der Waals surface area contributed by atoms with Crippen molar-refractivity contribution in [3.05, 3.63) is 0 Å². The van der Waals surface area contributed by atoms with Gasteiger partial charge >= 0.3 is 0 Å². The number of aliphatic hydroxyl groups excluding tert-OH is 1. The quantitative estimate of drug-likeness (QED) is 0.620. The number of ketones is 1. The Hall–Kier alpha value is -0.370. The number of hydrogen-bond acceptors (Lipinski definition) is 2. The number of rotatable bonds is 0. The number of Topliss-reactive ketones (excluding diaryl/α,β-unsaturated/α-hetero) is 1. The van der Waals surface area contributed by atoms with Crippen molar-refractivity contribution >= 4 is 5.78 Å². The predicted molar refractivity (Wildman–Crippen MR) is 98.8 cm³/mol. The Labute approximate surface area is 148 Å². The van der Waals surface area contributed by atoms with Crippen molar-refractivity contribution < 1.29 is 9.90 Å². The molecule has 138 valence electrons. The third-order valence-electron chi connectivity index (χ3n) is 8.14. The zero-order valence-corrected chi connectivity index (χ0v) is 16.0. The first-order valence-electron chi connectivity index (χ1n) is 10.7. The van der Waals surface area contributed by atoms with Crippen molar-refractivity contribution in [2.24, 2.45) is 22.7 Å². The topological polar surface area (TPSA) is 37.3 Å². The molecular weight excluding hydrogens is 296 g/mol. The van der Waals surface area contributed by atoms with Crippen LogP contribution < -0.4 is 0 Å². The molecule has 0 aliphatic heterocycles. The second-order valence-corrected chi connectivity index (χ2v) is 9.66. The molecule has 1 N–H and O–H groups in total. The first-order valence-corrected chi connectivity index (χ1v) is 10.7. The Morgan fingerprint density at radius 3 is 1.79 bits per heavy atom. The first kappa shape index (κ1) is 18.4. The van der Waals surface area contributed by atoms with E-state index < -0.39 is 0 Å². The van der Waals surface area contributed by atoms with Crippen LogP contribution in [0, 0.1) is 22.7 Å². The second-order valence-electron chi connectivity index (χ2n) is 9.66. The van der Waals surface area contributed by atoms with Gasteiger partial charge in [-0.1, -0.05) is 52.4 Å². The average Bonchev–Trinajstić information content (AvgIpc) is 2.97. The summed E-state index contributed by atoms with van der Waals surface area (Å²) in [4.78, 5) is 11.3. The molecule has 1 unspecified atom stereocenters. The third kappa shape index (κ3) is 3.74. The monoisotopic (exact) mass is 334 g/mol. The van der Waals surface area contributed by atoms with Crippen LogP contribution in [0.25, 0.3) is 0 Å². The van der Waals surface area contributed by atoms with E-state index in [2.05, 4.69) is 13.8 Å². The summed E-state index contributed by atoms with van der Waals surface area (Å²) in [5, 5.41) is 9.62.